The molecule has 0 amide bonds. The lowest BCUT2D eigenvalue weighted by Gasteiger charge is -2.25. The van der Waals surface area contributed by atoms with Gasteiger partial charge >= 0.3 is 0 Å². The Morgan fingerprint density at radius 1 is 1.00 bits per heavy atom. The SMILES string of the molecule is O=S(=O)(c1ccccc1)N(Cc1cccc(OCCc2ccccc2F)c1)CC1CCCO1. The molecule has 0 spiro atoms. The molecule has 1 aliphatic rings. The zero-order chi connectivity index (χ0) is 23.1. The van der Waals surface area contributed by atoms with Gasteiger partial charge in [0, 0.05) is 26.1 Å². The largest absolute Gasteiger partial charge is 0.493 e. The Bertz CT molecular complexity index is 1150. The van der Waals surface area contributed by atoms with Gasteiger partial charge in [0.1, 0.15) is 11.6 Å². The maximum absolute atomic E-state index is 13.8. The van der Waals surface area contributed by atoms with Crippen LogP contribution in [0.2, 0.25) is 0 Å². The van der Waals surface area contributed by atoms with Gasteiger partial charge in [0.25, 0.3) is 0 Å². The van der Waals surface area contributed by atoms with Crippen molar-refractivity contribution in [3.05, 3.63) is 95.8 Å². The highest BCUT2D eigenvalue weighted by molar-refractivity contribution is 7.89. The molecule has 0 aromatic heterocycles. The highest BCUT2D eigenvalue weighted by Gasteiger charge is 2.29. The van der Waals surface area contributed by atoms with Crippen LogP contribution in [0.25, 0.3) is 0 Å². The molecule has 1 heterocycles. The third-order valence-electron chi connectivity index (χ3n) is 5.67. The van der Waals surface area contributed by atoms with Crippen molar-refractivity contribution < 1.29 is 22.3 Å². The highest BCUT2D eigenvalue weighted by Crippen LogP contribution is 2.24. The number of benzene rings is 3. The molecular formula is C26H28FNO4S. The smallest absolute Gasteiger partial charge is 0.243 e. The van der Waals surface area contributed by atoms with E-state index in [0.29, 0.717) is 37.5 Å². The molecule has 4 rings (SSSR count). The number of ether oxygens (including phenoxy) is 2. The van der Waals surface area contributed by atoms with Crippen LogP contribution in [0, 0.1) is 5.82 Å². The van der Waals surface area contributed by atoms with Gasteiger partial charge in [0.05, 0.1) is 17.6 Å². The summed E-state index contributed by atoms with van der Waals surface area (Å²) in [5.74, 6) is 0.378. The van der Waals surface area contributed by atoms with Crippen molar-refractivity contribution in [1.82, 2.24) is 4.31 Å². The summed E-state index contributed by atoms with van der Waals surface area (Å²) in [6.07, 6.45) is 2.13. The Labute approximate surface area is 194 Å². The Morgan fingerprint density at radius 2 is 1.79 bits per heavy atom. The van der Waals surface area contributed by atoms with Gasteiger partial charge in [-0.25, -0.2) is 12.8 Å². The predicted octanol–water partition coefficient (Wildman–Crippen LogP) is 4.82. The van der Waals surface area contributed by atoms with Gasteiger partial charge in [-0.2, -0.15) is 4.31 Å². The molecule has 1 fully saturated rings. The lowest BCUT2D eigenvalue weighted by atomic mass is 10.1. The van der Waals surface area contributed by atoms with Gasteiger partial charge in [0.2, 0.25) is 10.0 Å². The topological polar surface area (TPSA) is 55.8 Å². The molecule has 0 bridgehead atoms. The molecular weight excluding hydrogens is 441 g/mol. The fourth-order valence-corrected chi connectivity index (χ4v) is 5.40. The number of rotatable bonds is 10. The molecule has 5 nitrogen and oxygen atoms in total. The third-order valence-corrected chi connectivity index (χ3v) is 7.49. The summed E-state index contributed by atoms with van der Waals surface area (Å²) in [6.45, 7) is 1.50. The van der Waals surface area contributed by atoms with Crippen LogP contribution in [-0.2, 0) is 27.7 Å². The van der Waals surface area contributed by atoms with E-state index in [1.807, 2.05) is 24.3 Å². The van der Waals surface area contributed by atoms with Crippen LogP contribution in [0.4, 0.5) is 4.39 Å². The standard InChI is InChI=1S/C26H28FNO4S/c27-26-14-5-4-9-22(26)15-17-32-23-10-6-8-21(18-23)19-28(20-24-11-7-16-31-24)33(29,30)25-12-2-1-3-13-25/h1-6,8-10,12-14,18,24H,7,11,15-17,19-20H2. The minimum Gasteiger partial charge on any atom is -0.493 e. The Morgan fingerprint density at radius 3 is 2.55 bits per heavy atom. The minimum absolute atomic E-state index is 0.108. The van der Waals surface area contributed by atoms with Crippen molar-refractivity contribution in [2.45, 2.75) is 36.8 Å². The van der Waals surface area contributed by atoms with Crippen molar-refractivity contribution in [2.24, 2.45) is 0 Å². The molecule has 3 aromatic carbocycles. The Hall–Kier alpha value is -2.74. The maximum atomic E-state index is 13.8. The molecule has 0 saturated carbocycles. The Balaban J connectivity index is 1.47. The number of sulfonamides is 1. The number of hydrogen-bond acceptors (Lipinski definition) is 4. The average Bonchev–Trinajstić information content (AvgIpc) is 3.34. The summed E-state index contributed by atoms with van der Waals surface area (Å²) in [4.78, 5) is 0.264. The zero-order valence-electron chi connectivity index (χ0n) is 18.4. The van der Waals surface area contributed by atoms with Crippen molar-refractivity contribution in [3.8, 4) is 5.75 Å². The second kappa shape index (κ2) is 10.9. The van der Waals surface area contributed by atoms with Gasteiger partial charge in [-0.15, -0.1) is 0 Å². The van der Waals surface area contributed by atoms with Crippen molar-refractivity contribution in [1.29, 1.82) is 0 Å². The van der Waals surface area contributed by atoms with E-state index in [-0.39, 0.29) is 23.4 Å². The summed E-state index contributed by atoms with van der Waals surface area (Å²) >= 11 is 0. The Kier molecular flexibility index (Phi) is 7.75. The zero-order valence-corrected chi connectivity index (χ0v) is 19.2. The summed E-state index contributed by atoms with van der Waals surface area (Å²) in [5, 5.41) is 0. The highest BCUT2D eigenvalue weighted by atomic mass is 32.2. The second-order valence-corrected chi connectivity index (χ2v) is 10.0. The van der Waals surface area contributed by atoms with Gasteiger partial charge in [-0.1, -0.05) is 48.5 Å². The molecule has 7 heteroatoms. The minimum atomic E-state index is -3.69. The third kappa shape index (κ3) is 6.19. The van der Waals surface area contributed by atoms with E-state index in [1.165, 1.54) is 10.4 Å². The van der Waals surface area contributed by atoms with Crippen molar-refractivity contribution in [3.63, 3.8) is 0 Å². The number of halogens is 1. The van der Waals surface area contributed by atoms with Crippen molar-refractivity contribution in [2.75, 3.05) is 19.8 Å². The molecule has 174 valence electrons. The maximum Gasteiger partial charge on any atom is 0.243 e. The predicted molar refractivity (Wildman–Crippen MR) is 125 cm³/mol. The van der Waals surface area contributed by atoms with Crippen molar-refractivity contribution >= 4 is 10.0 Å². The molecule has 0 N–H and O–H groups in total. The molecule has 1 aliphatic heterocycles. The molecule has 0 radical (unpaired) electrons. The van der Waals surface area contributed by atoms with Crippen LogP contribution in [0.15, 0.2) is 83.8 Å². The lowest BCUT2D eigenvalue weighted by molar-refractivity contribution is 0.0926. The first-order chi connectivity index (χ1) is 16.0. The van der Waals surface area contributed by atoms with Gasteiger partial charge < -0.3 is 9.47 Å². The summed E-state index contributed by atoms with van der Waals surface area (Å²) in [7, 11) is -3.69. The van der Waals surface area contributed by atoms with E-state index in [0.717, 1.165) is 18.4 Å². The van der Waals surface area contributed by atoms with E-state index >= 15 is 0 Å². The molecule has 3 aromatic rings. The van der Waals surface area contributed by atoms with Crippen LogP contribution in [-0.4, -0.2) is 38.6 Å². The van der Waals surface area contributed by atoms with Gasteiger partial charge in [0.15, 0.2) is 0 Å². The first-order valence-corrected chi connectivity index (χ1v) is 12.6. The van der Waals surface area contributed by atoms with E-state index in [2.05, 4.69) is 0 Å². The van der Waals surface area contributed by atoms with Crippen LogP contribution < -0.4 is 4.74 Å². The molecule has 1 unspecified atom stereocenters. The lowest BCUT2D eigenvalue weighted by Crippen LogP contribution is -2.36. The van der Waals surface area contributed by atoms with E-state index in [4.69, 9.17) is 9.47 Å². The monoisotopic (exact) mass is 469 g/mol. The van der Waals surface area contributed by atoms with Crippen LogP contribution in [0.3, 0.4) is 0 Å². The second-order valence-electron chi connectivity index (χ2n) is 8.08. The molecule has 1 saturated heterocycles. The quantitative estimate of drug-likeness (QED) is 0.427. The average molecular weight is 470 g/mol. The van der Waals surface area contributed by atoms with Crippen LogP contribution >= 0.6 is 0 Å². The fraction of sp³-hybridized carbons (Fsp3) is 0.308. The first-order valence-electron chi connectivity index (χ1n) is 11.1. The fourth-order valence-electron chi connectivity index (χ4n) is 3.92. The van der Waals surface area contributed by atoms with Crippen LogP contribution in [0.1, 0.15) is 24.0 Å². The van der Waals surface area contributed by atoms with Gasteiger partial charge in [-0.3, -0.25) is 0 Å². The molecule has 0 aliphatic carbocycles. The summed E-state index contributed by atoms with van der Waals surface area (Å²) in [5.41, 5.74) is 1.42. The van der Waals surface area contributed by atoms with E-state index < -0.39 is 10.0 Å². The van der Waals surface area contributed by atoms with E-state index in [9.17, 15) is 12.8 Å². The van der Waals surface area contributed by atoms with Crippen LogP contribution in [0.5, 0.6) is 5.75 Å². The van der Waals surface area contributed by atoms with E-state index in [1.54, 1.807) is 48.5 Å². The number of hydrogen-bond donors (Lipinski definition) is 0. The van der Waals surface area contributed by atoms with Gasteiger partial charge in [-0.05, 0) is 54.3 Å². The summed E-state index contributed by atoms with van der Waals surface area (Å²) in [6, 6.07) is 22.5. The molecule has 33 heavy (non-hydrogen) atoms. The molecule has 1 atom stereocenters. The normalized spacial score (nSPS) is 16.2. The summed E-state index contributed by atoms with van der Waals surface area (Å²) < 4.78 is 53.6. The number of nitrogens with zero attached hydrogens (tertiary/aromatic N) is 1. The first kappa shape index (κ1) is 23.4.